The van der Waals surface area contributed by atoms with Gasteiger partial charge in [-0.25, -0.2) is 0 Å². The summed E-state index contributed by atoms with van der Waals surface area (Å²) in [6.45, 7) is 2.86. The summed E-state index contributed by atoms with van der Waals surface area (Å²) in [6, 6.07) is 19.8. The first kappa shape index (κ1) is 23.5. The van der Waals surface area contributed by atoms with E-state index in [1.165, 1.54) is 11.3 Å². The Kier molecular flexibility index (Phi) is 6.81. The SMILES string of the molecule is O=C(Nc1ccc(N2CCN(C(=O)c3cccs3)CC2)cc1)c1ccc(-c2ccc(Cl)cc2Cl)o1. The van der Waals surface area contributed by atoms with E-state index in [-0.39, 0.29) is 17.6 Å². The number of nitrogens with one attached hydrogen (secondary N) is 1. The molecule has 9 heteroatoms. The number of benzene rings is 2. The second kappa shape index (κ2) is 10.2. The maximum absolute atomic E-state index is 12.7. The Morgan fingerprint density at radius 1 is 0.914 bits per heavy atom. The smallest absolute Gasteiger partial charge is 0.291 e. The lowest BCUT2D eigenvalue weighted by Gasteiger charge is -2.36. The number of hydrogen-bond acceptors (Lipinski definition) is 5. The molecule has 4 aromatic rings. The molecule has 3 heterocycles. The minimum atomic E-state index is -0.352. The molecule has 0 spiro atoms. The quantitative estimate of drug-likeness (QED) is 0.321. The molecule has 0 atom stereocenters. The number of halogens is 2. The van der Waals surface area contributed by atoms with E-state index in [1.54, 1.807) is 30.3 Å². The van der Waals surface area contributed by atoms with Crippen molar-refractivity contribution in [1.82, 2.24) is 4.90 Å². The Labute approximate surface area is 216 Å². The lowest BCUT2D eigenvalue weighted by Crippen LogP contribution is -2.48. The summed E-state index contributed by atoms with van der Waals surface area (Å²) in [5.74, 6) is 0.414. The average Bonchev–Trinajstić information content (AvgIpc) is 3.57. The number of thiophene rings is 1. The van der Waals surface area contributed by atoms with Crippen LogP contribution in [0.25, 0.3) is 11.3 Å². The van der Waals surface area contributed by atoms with Crippen LogP contribution in [0, 0.1) is 0 Å². The van der Waals surface area contributed by atoms with Gasteiger partial charge < -0.3 is 19.5 Å². The third-order valence-corrected chi connectivity index (χ3v) is 7.22. The molecular weight excluding hydrogens is 505 g/mol. The monoisotopic (exact) mass is 525 g/mol. The fraction of sp³-hybridized carbons (Fsp3) is 0.154. The topological polar surface area (TPSA) is 65.8 Å². The van der Waals surface area contributed by atoms with Crippen LogP contribution in [-0.4, -0.2) is 42.9 Å². The zero-order chi connectivity index (χ0) is 24.4. The summed E-state index contributed by atoms with van der Waals surface area (Å²) in [6.07, 6.45) is 0. The van der Waals surface area contributed by atoms with Crippen LogP contribution in [0.4, 0.5) is 11.4 Å². The zero-order valence-electron chi connectivity index (χ0n) is 18.5. The van der Waals surface area contributed by atoms with Crippen molar-refractivity contribution in [3.63, 3.8) is 0 Å². The predicted molar refractivity (Wildman–Crippen MR) is 141 cm³/mol. The van der Waals surface area contributed by atoms with Crippen LogP contribution in [0.2, 0.25) is 10.0 Å². The highest BCUT2D eigenvalue weighted by molar-refractivity contribution is 7.12. The molecule has 1 fully saturated rings. The Balaban J connectivity index is 1.18. The van der Waals surface area contributed by atoms with E-state index in [2.05, 4.69) is 10.2 Å². The molecule has 0 aliphatic carbocycles. The molecular formula is C26H21Cl2N3O3S. The predicted octanol–water partition coefficient (Wildman–Crippen LogP) is 6.53. The van der Waals surface area contributed by atoms with Gasteiger partial charge in [0, 0.05) is 48.1 Å². The maximum atomic E-state index is 12.7. The lowest BCUT2D eigenvalue weighted by atomic mass is 10.2. The molecule has 178 valence electrons. The van der Waals surface area contributed by atoms with Gasteiger partial charge in [-0.3, -0.25) is 9.59 Å². The molecule has 0 unspecified atom stereocenters. The molecule has 35 heavy (non-hydrogen) atoms. The number of carbonyl (C=O) groups excluding carboxylic acids is 2. The van der Waals surface area contributed by atoms with Gasteiger partial charge in [0.25, 0.3) is 11.8 Å². The molecule has 0 radical (unpaired) electrons. The number of nitrogens with zero attached hydrogens (tertiary/aromatic N) is 2. The van der Waals surface area contributed by atoms with Gasteiger partial charge in [0.15, 0.2) is 5.76 Å². The van der Waals surface area contributed by atoms with E-state index >= 15 is 0 Å². The Hall–Kier alpha value is -3.26. The molecule has 2 amide bonds. The minimum Gasteiger partial charge on any atom is -0.451 e. The minimum absolute atomic E-state index is 0.0946. The van der Waals surface area contributed by atoms with E-state index in [0.717, 1.165) is 23.7 Å². The van der Waals surface area contributed by atoms with Crippen molar-refractivity contribution in [2.45, 2.75) is 0 Å². The van der Waals surface area contributed by atoms with Crippen molar-refractivity contribution in [3.8, 4) is 11.3 Å². The zero-order valence-corrected chi connectivity index (χ0v) is 20.9. The second-order valence-electron chi connectivity index (χ2n) is 8.05. The molecule has 6 nitrogen and oxygen atoms in total. The fourth-order valence-electron chi connectivity index (χ4n) is 3.97. The van der Waals surface area contributed by atoms with Crippen LogP contribution < -0.4 is 10.2 Å². The van der Waals surface area contributed by atoms with Gasteiger partial charge in [-0.15, -0.1) is 11.3 Å². The van der Waals surface area contributed by atoms with E-state index < -0.39 is 0 Å². The van der Waals surface area contributed by atoms with Gasteiger partial charge in [-0.2, -0.15) is 0 Å². The first-order chi connectivity index (χ1) is 17.0. The van der Waals surface area contributed by atoms with Crippen LogP contribution in [0.5, 0.6) is 0 Å². The Morgan fingerprint density at radius 3 is 2.37 bits per heavy atom. The first-order valence-electron chi connectivity index (χ1n) is 11.0. The lowest BCUT2D eigenvalue weighted by molar-refractivity contribution is 0.0751. The highest BCUT2D eigenvalue weighted by Crippen LogP contribution is 2.32. The second-order valence-corrected chi connectivity index (χ2v) is 9.84. The summed E-state index contributed by atoms with van der Waals surface area (Å²) >= 11 is 13.7. The van der Waals surface area contributed by atoms with Gasteiger partial charge in [0.05, 0.1) is 9.90 Å². The number of anilines is 2. The van der Waals surface area contributed by atoms with Crippen LogP contribution in [0.1, 0.15) is 20.2 Å². The largest absolute Gasteiger partial charge is 0.451 e. The summed E-state index contributed by atoms with van der Waals surface area (Å²) in [7, 11) is 0. The number of furan rings is 1. The van der Waals surface area contributed by atoms with Crippen LogP contribution in [0.3, 0.4) is 0 Å². The summed E-state index contributed by atoms with van der Waals surface area (Å²) < 4.78 is 5.72. The van der Waals surface area contributed by atoms with E-state index in [4.69, 9.17) is 27.6 Å². The molecule has 1 saturated heterocycles. The van der Waals surface area contributed by atoms with Crippen LogP contribution in [-0.2, 0) is 0 Å². The third kappa shape index (κ3) is 5.22. The fourth-order valence-corrected chi connectivity index (χ4v) is 5.16. The Morgan fingerprint density at radius 2 is 1.69 bits per heavy atom. The van der Waals surface area contributed by atoms with Gasteiger partial charge in [0.2, 0.25) is 0 Å². The van der Waals surface area contributed by atoms with E-state index in [1.807, 2.05) is 46.7 Å². The highest BCUT2D eigenvalue weighted by atomic mass is 35.5. The number of carbonyl (C=O) groups is 2. The van der Waals surface area contributed by atoms with Gasteiger partial charge in [0.1, 0.15) is 5.76 Å². The molecule has 2 aromatic heterocycles. The van der Waals surface area contributed by atoms with Crippen LogP contribution in [0.15, 0.2) is 76.5 Å². The third-order valence-electron chi connectivity index (χ3n) is 5.82. The molecule has 0 bridgehead atoms. The van der Waals surface area contributed by atoms with Crippen molar-refractivity contribution < 1.29 is 14.0 Å². The van der Waals surface area contributed by atoms with Crippen molar-refractivity contribution >= 4 is 57.7 Å². The molecule has 5 rings (SSSR count). The van der Waals surface area contributed by atoms with Gasteiger partial charge in [-0.05, 0) is 66.0 Å². The summed E-state index contributed by atoms with van der Waals surface area (Å²) in [4.78, 5) is 30.1. The van der Waals surface area contributed by atoms with E-state index in [0.29, 0.717) is 40.1 Å². The van der Waals surface area contributed by atoms with Crippen molar-refractivity contribution in [2.24, 2.45) is 0 Å². The standard InChI is InChI=1S/C26H21Cl2N3O3S/c27-17-3-8-20(21(28)16-17)22-9-10-23(34-22)25(32)29-18-4-6-19(7-5-18)30-11-13-31(14-12-30)26(33)24-2-1-15-35-24/h1-10,15-16H,11-14H2,(H,29,32). The number of rotatable bonds is 5. The average molecular weight is 526 g/mol. The summed E-state index contributed by atoms with van der Waals surface area (Å²) in [5.41, 5.74) is 2.37. The molecule has 1 N–H and O–H groups in total. The van der Waals surface area contributed by atoms with Gasteiger partial charge in [-0.1, -0.05) is 29.3 Å². The van der Waals surface area contributed by atoms with Crippen molar-refractivity contribution in [3.05, 3.63) is 92.8 Å². The summed E-state index contributed by atoms with van der Waals surface area (Å²) in [5, 5.41) is 5.76. The first-order valence-corrected chi connectivity index (χ1v) is 12.7. The normalized spacial score (nSPS) is 13.7. The number of hydrogen-bond donors (Lipinski definition) is 1. The maximum Gasteiger partial charge on any atom is 0.291 e. The van der Waals surface area contributed by atoms with Crippen molar-refractivity contribution in [2.75, 3.05) is 36.4 Å². The molecule has 1 aliphatic rings. The number of amides is 2. The molecule has 0 saturated carbocycles. The molecule has 1 aliphatic heterocycles. The van der Waals surface area contributed by atoms with Gasteiger partial charge >= 0.3 is 0 Å². The van der Waals surface area contributed by atoms with E-state index in [9.17, 15) is 9.59 Å². The van der Waals surface area contributed by atoms with Crippen molar-refractivity contribution in [1.29, 1.82) is 0 Å². The highest BCUT2D eigenvalue weighted by Gasteiger charge is 2.23. The number of piperazine rings is 1. The van der Waals surface area contributed by atoms with Crippen LogP contribution >= 0.6 is 34.5 Å². The Bertz CT molecular complexity index is 1340. The molecule has 2 aromatic carbocycles.